The molecule has 0 saturated heterocycles. The maximum absolute atomic E-state index is 5.91. The van der Waals surface area contributed by atoms with Crippen LogP contribution in [0.1, 0.15) is 16.9 Å². The summed E-state index contributed by atoms with van der Waals surface area (Å²) in [6.45, 7) is 3.33. The van der Waals surface area contributed by atoms with E-state index in [1.54, 1.807) is 7.11 Å². The number of benzene rings is 1. The van der Waals surface area contributed by atoms with Crippen LogP contribution in [0.3, 0.4) is 0 Å². The Labute approximate surface area is 109 Å². The van der Waals surface area contributed by atoms with Crippen molar-refractivity contribution in [1.82, 2.24) is 5.32 Å². The first-order chi connectivity index (χ1) is 8.17. The Hall–Kier alpha value is -0.840. The van der Waals surface area contributed by atoms with Gasteiger partial charge in [0, 0.05) is 22.5 Å². The van der Waals surface area contributed by atoms with Crippen LogP contribution in [-0.2, 0) is 17.9 Å². The van der Waals surface area contributed by atoms with Gasteiger partial charge in [0.1, 0.15) is 11.3 Å². The van der Waals surface area contributed by atoms with E-state index in [1.807, 2.05) is 7.05 Å². The number of hydrogen-bond acceptors (Lipinski definition) is 3. The number of ether oxygens (including phenoxy) is 1. The lowest BCUT2D eigenvalue weighted by Crippen LogP contribution is -2.06. The van der Waals surface area contributed by atoms with Gasteiger partial charge in [-0.05, 0) is 31.7 Å². The minimum absolute atomic E-state index is 0.569. The molecule has 2 rings (SSSR count). The summed E-state index contributed by atoms with van der Waals surface area (Å²) in [5.41, 5.74) is 3.21. The lowest BCUT2D eigenvalue weighted by Gasteiger charge is -2.01. The lowest BCUT2D eigenvalue weighted by molar-refractivity contribution is 0.183. The molecule has 0 aliphatic heterocycles. The maximum atomic E-state index is 5.91. The quantitative estimate of drug-likeness (QED) is 0.939. The van der Waals surface area contributed by atoms with Gasteiger partial charge in [-0.2, -0.15) is 0 Å². The Kier molecular flexibility index (Phi) is 3.86. The Morgan fingerprint density at radius 1 is 1.41 bits per heavy atom. The zero-order valence-corrected chi connectivity index (χ0v) is 11.8. The second kappa shape index (κ2) is 5.21. The SMILES string of the molecule is CNCc1oc2c(C)cc(Br)cc2c1COC. The van der Waals surface area contributed by atoms with E-state index in [1.165, 1.54) is 0 Å². The number of rotatable bonds is 4. The van der Waals surface area contributed by atoms with Crippen molar-refractivity contribution in [3.63, 3.8) is 0 Å². The number of fused-ring (bicyclic) bond motifs is 1. The lowest BCUT2D eigenvalue weighted by atomic mass is 10.1. The van der Waals surface area contributed by atoms with Crippen molar-refractivity contribution in [2.45, 2.75) is 20.1 Å². The summed E-state index contributed by atoms with van der Waals surface area (Å²) in [5, 5.41) is 4.25. The van der Waals surface area contributed by atoms with Gasteiger partial charge in [0.15, 0.2) is 0 Å². The van der Waals surface area contributed by atoms with E-state index in [9.17, 15) is 0 Å². The van der Waals surface area contributed by atoms with Gasteiger partial charge in [0.2, 0.25) is 0 Å². The van der Waals surface area contributed by atoms with E-state index in [0.29, 0.717) is 13.2 Å². The van der Waals surface area contributed by atoms with Crippen molar-refractivity contribution < 1.29 is 9.15 Å². The van der Waals surface area contributed by atoms with Crippen LogP contribution in [0.25, 0.3) is 11.0 Å². The van der Waals surface area contributed by atoms with Gasteiger partial charge in [0.05, 0.1) is 13.2 Å². The largest absolute Gasteiger partial charge is 0.459 e. The summed E-state index contributed by atoms with van der Waals surface area (Å²) in [7, 11) is 3.61. The smallest absolute Gasteiger partial charge is 0.137 e. The normalized spacial score (nSPS) is 11.3. The van der Waals surface area contributed by atoms with Crippen LogP contribution in [0.2, 0.25) is 0 Å². The van der Waals surface area contributed by atoms with Crippen LogP contribution in [0, 0.1) is 6.92 Å². The van der Waals surface area contributed by atoms with Crippen molar-refractivity contribution in [3.8, 4) is 0 Å². The first kappa shape index (κ1) is 12.6. The molecule has 0 amide bonds. The van der Waals surface area contributed by atoms with E-state index >= 15 is 0 Å². The highest BCUT2D eigenvalue weighted by Gasteiger charge is 2.15. The van der Waals surface area contributed by atoms with Crippen molar-refractivity contribution in [3.05, 3.63) is 33.5 Å². The van der Waals surface area contributed by atoms with E-state index in [-0.39, 0.29) is 0 Å². The molecule has 0 aliphatic carbocycles. The Bertz CT molecular complexity index is 534. The molecule has 17 heavy (non-hydrogen) atoms. The molecule has 0 atom stereocenters. The molecule has 2 aromatic rings. The van der Waals surface area contributed by atoms with E-state index < -0.39 is 0 Å². The molecular weight excluding hydrogens is 282 g/mol. The Balaban J connectivity index is 2.66. The molecule has 0 unspecified atom stereocenters. The molecule has 1 N–H and O–H groups in total. The van der Waals surface area contributed by atoms with Crippen LogP contribution < -0.4 is 5.32 Å². The molecule has 4 heteroatoms. The monoisotopic (exact) mass is 297 g/mol. The van der Waals surface area contributed by atoms with Gasteiger partial charge in [-0.15, -0.1) is 0 Å². The molecule has 0 spiro atoms. The topological polar surface area (TPSA) is 34.4 Å². The fourth-order valence-corrected chi connectivity index (χ4v) is 2.60. The Morgan fingerprint density at radius 2 is 2.18 bits per heavy atom. The van der Waals surface area contributed by atoms with Crippen LogP contribution >= 0.6 is 15.9 Å². The summed E-state index contributed by atoms with van der Waals surface area (Å²) in [5.74, 6) is 0.950. The molecule has 0 radical (unpaired) electrons. The van der Waals surface area contributed by atoms with Gasteiger partial charge in [-0.3, -0.25) is 0 Å². The fraction of sp³-hybridized carbons (Fsp3) is 0.385. The molecule has 92 valence electrons. The van der Waals surface area contributed by atoms with Gasteiger partial charge >= 0.3 is 0 Å². The third kappa shape index (κ3) is 2.39. The summed E-state index contributed by atoms with van der Waals surface area (Å²) < 4.78 is 12.2. The van der Waals surface area contributed by atoms with Crippen LogP contribution in [0.4, 0.5) is 0 Å². The third-order valence-corrected chi connectivity index (χ3v) is 3.21. The van der Waals surface area contributed by atoms with E-state index in [0.717, 1.165) is 32.3 Å². The molecule has 0 bridgehead atoms. The molecule has 1 aromatic heterocycles. The first-order valence-electron chi connectivity index (χ1n) is 5.51. The highest BCUT2D eigenvalue weighted by Crippen LogP contribution is 2.31. The summed E-state index contributed by atoms with van der Waals surface area (Å²) in [4.78, 5) is 0. The standard InChI is InChI=1S/C13H16BrNO2/c1-8-4-9(14)5-10-11(7-16-3)12(6-15-2)17-13(8)10/h4-5,15H,6-7H2,1-3H3. The highest BCUT2D eigenvalue weighted by atomic mass is 79.9. The fourth-order valence-electron chi connectivity index (χ4n) is 2.03. The molecule has 1 aromatic carbocycles. The average Bonchev–Trinajstić information content (AvgIpc) is 2.59. The van der Waals surface area contributed by atoms with E-state index in [2.05, 4.69) is 40.3 Å². The second-order valence-corrected chi connectivity index (χ2v) is 4.98. The molecular formula is C13H16BrNO2. The number of halogens is 1. The van der Waals surface area contributed by atoms with Gasteiger partial charge in [0.25, 0.3) is 0 Å². The molecule has 1 heterocycles. The highest BCUT2D eigenvalue weighted by molar-refractivity contribution is 9.10. The molecule has 3 nitrogen and oxygen atoms in total. The van der Waals surface area contributed by atoms with Crippen molar-refractivity contribution in [1.29, 1.82) is 0 Å². The molecule has 0 fully saturated rings. The predicted octanol–water partition coefficient (Wildman–Crippen LogP) is 3.37. The minimum Gasteiger partial charge on any atom is -0.459 e. The van der Waals surface area contributed by atoms with E-state index in [4.69, 9.17) is 9.15 Å². The molecule has 0 saturated carbocycles. The van der Waals surface area contributed by atoms with Crippen molar-refractivity contribution in [2.75, 3.05) is 14.2 Å². The van der Waals surface area contributed by atoms with Gasteiger partial charge in [-0.25, -0.2) is 0 Å². The van der Waals surface area contributed by atoms with Crippen molar-refractivity contribution in [2.24, 2.45) is 0 Å². The number of furan rings is 1. The van der Waals surface area contributed by atoms with Crippen LogP contribution in [0.5, 0.6) is 0 Å². The molecule has 0 aliphatic rings. The van der Waals surface area contributed by atoms with Crippen LogP contribution in [0.15, 0.2) is 21.0 Å². The third-order valence-electron chi connectivity index (χ3n) is 2.75. The predicted molar refractivity (Wildman–Crippen MR) is 72.1 cm³/mol. The first-order valence-corrected chi connectivity index (χ1v) is 6.30. The Morgan fingerprint density at radius 3 is 2.82 bits per heavy atom. The van der Waals surface area contributed by atoms with Crippen molar-refractivity contribution >= 4 is 26.9 Å². The second-order valence-electron chi connectivity index (χ2n) is 4.07. The number of aryl methyl sites for hydroxylation is 1. The number of nitrogens with one attached hydrogen (secondary N) is 1. The summed E-state index contributed by atoms with van der Waals surface area (Å²) in [6, 6.07) is 4.14. The number of hydrogen-bond donors (Lipinski definition) is 1. The maximum Gasteiger partial charge on any atom is 0.137 e. The van der Waals surface area contributed by atoms with Gasteiger partial charge in [-0.1, -0.05) is 15.9 Å². The zero-order valence-electron chi connectivity index (χ0n) is 10.3. The summed E-state index contributed by atoms with van der Waals surface area (Å²) >= 11 is 3.52. The minimum atomic E-state index is 0.569. The average molecular weight is 298 g/mol. The summed E-state index contributed by atoms with van der Waals surface area (Å²) in [6.07, 6.45) is 0. The van der Waals surface area contributed by atoms with Gasteiger partial charge < -0.3 is 14.5 Å². The van der Waals surface area contributed by atoms with Crippen LogP contribution in [-0.4, -0.2) is 14.2 Å². The number of methoxy groups -OCH3 is 1. The zero-order chi connectivity index (χ0) is 12.4.